The molecule has 0 aliphatic rings. The molecule has 9 heteroatoms. The summed E-state index contributed by atoms with van der Waals surface area (Å²) < 4.78 is 5.32. The van der Waals surface area contributed by atoms with Gasteiger partial charge in [0.15, 0.2) is 0 Å². The number of carbonyl (C=O) groups is 3. The molecule has 2 heterocycles. The summed E-state index contributed by atoms with van der Waals surface area (Å²) in [6.07, 6.45) is 0.835. The van der Waals surface area contributed by atoms with Gasteiger partial charge >= 0.3 is 6.09 Å². The molecule has 0 aliphatic carbocycles. The lowest BCUT2D eigenvalue weighted by molar-refractivity contribution is -0.137. The molecule has 3 amide bonds. The smallest absolute Gasteiger partial charge is 0.404 e. The molecule has 3 aromatic rings. The van der Waals surface area contributed by atoms with E-state index >= 15 is 0 Å². The van der Waals surface area contributed by atoms with E-state index in [1.807, 2.05) is 65.4 Å². The summed E-state index contributed by atoms with van der Waals surface area (Å²) in [5.41, 5.74) is 6.32. The van der Waals surface area contributed by atoms with Crippen LogP contribution >= 0.6 is 22.7 Å². The predicted molar refractivity (Wildman–Crippen MR) is 139 cm³/mol. The van der Waals surface area contributed by atoms with Gasteiger partial charge in [-0.05, 0) is 47.7 Å². The molecule has 1 aromatic carbocycles. The zero-order valence-electron chi connectivity index (χ0n) is 19.7. The van der Waals surface area contributed by atoms with Crippen LogP contribution in [0, 0.1) is 0 Å². The fraction of sp³-hybridized carbons (Fsp3) is 0.346. The van der Waals surface area contributed by atoms with Gasteiger partial charge in [-0.3, -0.25) is 9.59 Å². The van der Waals surface area contributed by atoms with E-state index in [9.17, 15) is 14.4 Å². The Kier molecular flexibility index (Phi) is 10.3. The number of hydrogen-bond donors (Lipinski definition) is 2. The highest BCUT2D eigenvalue weighted by Gasteiger charge is 2.26. The number of amides is 3. The van der Waals surface area contributed by atoms with Crippen molar-refractivity contribution < 1.29 is 19.1 Å². The Morgan fingerprint density at radius 3 is 2.09 bits per heavy atom. The molecule has 0 saturated heterocycles. The first kappa shape index (κ1) is 26.4. The summed E-state index contributed by atoms with van der Waals surface area (Å²) in [4.78, 5) is 40.9. The third-order valence-corrected chi connectivity index (χ3v) is 7.17. The van der Waals surface area contributed by atoms with Crippen molar-refractivity contribution in [1.29, 1.82) is 0 Å². The SMILES string of the molecule is CC(=O)N[C@@H](CCCC(Cc1ccccc1)OC(N)=O)C(=O)N(Cc1cccs1)Cc1cccs1. The molecule has 0 bridgehead atoms. The first-order valence-corrected chi connectivity index (χ1v) is 13.3. The summed E-state index contributed by atoms with van der Waals surface area (Å²) in [5, 5.41) is 6.80. The molecule has 186 valence electrons. The quantitative estimate of drug-likeness (QED) is 0.345. The first-order valence-electron chi connectivity index (χ1n) is 11.5. The van der Waals surface area contributed by atoms with E-state index < -0.39 is 18.2 Å². The maximum Gasteiger partial charge on any atom is 0.404 e. The zero-order valence-corrected chi connectivity index (χ0v) is 21.4. The number of hydrogen-bond acceptors (Lipinski definition) is 6. The van der Waals surface area contributed by atoms with E-state index in [1.54, 1.807) is 27.6 Å². The third-order valence-electron chi connectivity index (χ3n) is 5.45. The summed E-state index contributed by atoms with van der Waals surface area (Å²) in [6, 6.07) is 17.0. The Hall–Kier alpha value is -3.17. The molecule has 1 unspecified atom stereocenters. The Morgan fingerprint density at radius 1 is 0.943 bits per heavy atom. The first-order chi connectivity index (χ1) is 16.9. The average molecular weight is 514 g/mol. The van der Waals surface area contributed by atoms with E-state index in [1.165, 1.54) is 6.92 Å². The number of carbonyl (C=O) groups excluding carboxylic acids is 3. The van der Waals surface area contributed by atoms with Gasteiger partial charge in [0.2, 0.25) is 11.8 Å². The summed E-state index contributed by atoms with van der Waals surface area (Å²) >= 11 is 3.19. The Bertz CT molecular complexity index is 1020. The second-order valence-electron chi connectivity index (χ2n) is 8.29. The number of primary amides is 1. The van der Waals surface area contributed by atoms with Crippen LogP contribution in [0.4, 0.5) is 4.79 Å². The van der Waals surface area contributed by atoms with Gasteiger partial charge in [0.25, 0.3) is 0 Å². The number of ether oxygens (including phenoxy) is 1. The molecule has 7 nitrogen and oxygen atoms in total. The number of nitrogens with zero attached hydrogens (tertiary/aromatic N) is 1. The van der Waals surface area contributed by atoms with Crippen molar-refractivity contribution in [3.05, 3.63) is 80.7 Å². The van der Waals surface area contributed by atoms with E-state index in [0.717, 1.165) is 15.3 Å². The fourth-order valence-electron chi connectivity index (χ4n) is 3.91. The van der Waals surface area contributed by atoms with Crippen LogP contribution in [-0.2, 0) is 33.8 Å². The largest absolute Gasteiger partial charge is 0.446 e. The normalized spacial score (nSPS) is 12.5. The molecule has 2 aromatic heterocycles. The Morgan fingerprint density at radius 2 is 1.57 bits per heavy atom. The van der Waals surface area contributed by atoms with Crippen molar-refractivity contribution in [1.82, 2.24) is 10.2 Å². The van der Waals surface area contributed by atoms with Crippen LogP contribution in [0.2, 0.25) is 0 Å². The van der Waals surface area contributed by atoms with Crippen LogP contribution in [0.3, 0.4) is 0 Å². The standard InChI is InChI=1S/C26H31N3O4S2/c1-19(30)28-24(13-5-10-21(33-26(27)32)16-20-8-3-2-4-9-20)25(31)29(17-22-11-6-14-34-22)18-23-12-7-15-35-23/h2-4,6-9,11-12,14-15,21,24H,5,10,13,16-18H2,1H3,(H2,27,32)(H,28,30)/t21?,24-/m0/s1. The Labute approximate surface area is 213 Å². The fourth-order valence-corrected chi connectivity index (χ4v) is 5.35. The topological polar surface area (TPSA) is 102 Å². The van der Waals surface area contributed by atoms with Crippen LogP contribution in [-0.4, -0.2) is 35.0 Å². The molecular weight excluding hydrogens is 482 g/mol. The second kappa shape index (κ2) is 13.7. The monoisotopic (exact) mass is 513 g/mol. The van der Waals surface area contributed by atoms with Crippen LogP contribution < -0.4 is 11.1 Å². The molecular formula is C26H31N3O4S2. The van der Waals surface area contributed by atoms with E-state index in [-0.39, 0.29) is 11.8 Å². The lowest BCUT2D eigenvalue weighted by Gasteiger charge is -2.27. The minimum absolute atomic E-state index is 0.127. The highest BCUT2D eigenvalue weighted by Crippen LogP contribution is 2.20. The lowest BCUT2D eigenvalue weighted by Crippen LogP contribution is -2.47. The second-order valence-corrected chi connectivity index (χ2v) is 10.4. The number of thiophene rings is 2. The van der Waals surface area contributed by atoms with Gasteiger partial charge in [-0.15, -0.1) is 22.7 Å². The van der Waals surface area contributed by atoms with Gasteiger partial charge in [0.1, 0.15) is 12.1 Å². The summed E-state index contributed by atoms with van der Waals surface area (Å²) in [6.45, 7) is 2.37. The number of rotatable bonds is 13. The molecule has 0 aliphatic heterocycles. The van der Waals surface area contributed by atoms with Crippen molar-refractivity contribution in [2.24, 2.45) is 5.73 Å². The van der Waals surface area contributed by atoms with Gasteiger partial charge in [0, 0.05) is 23.1 Å². The number of benzene rings is 1. The lowest BCUT2D eigenvalue weighted by atomic mass is 10.0. The minimum Gasteiger partial charge on any atom is -0.446 e. The van der Waals surface area contributed by atoms with Crippen molar-refractivity contribution >= 4 is 40.6 Å². The molecule has 2 atom stereocenters. The highest BCUT2D eigenvalue weighted by molar-refractivity contribution is 7.10. The van der Waals surface area contributed by atoms with E-state index in [4.69, 9.17) is 10.5 Å². The maximum atomic E-state index is 13.6. The summed E-state index contributed by atoms with van der Waals surface area (Å²) in [5.74, 6) is -0.387. The van der Waals surface area contributed by atoms with Crippen molar-refractivity contribution in [3.8, 4) is 0 Å². The molecule has 0 fully saturated rings. The molecule has 0 radical (unpaired) electrons. The van der Waals surface area contributed by atoms with Gasteiger partial charge in [-0.25, -0.2) is 4.79 Å². The van der Waals surface area contributed by atoms with E-state index in [0.29, 0.717) is 38.8 Å². The number of nitrogens with two attached hydrogens (primary N) is 1. The van der Waals surface area contributed by atoms with Gasteiger partial charge in [-0.2, -0.15) is 0 Å². The molecule has 35 heavy (non-hydrogen) atoms. The van der Waals surface area contributed by atoms with Crippen LogP contribution in [0.25, 0.3) is 0 Å². The minimum atomic E-state index is -0.821. The van der Waals surface area contributed by atoms with E-state index in [2.05, 4.69) is 5.32 Å². The average Bonchev–Trinajstić information content (AvgIpc) is 3.52. The Balaban J connectivity index is 1.67. The zero-order chi connectivity index (χ0) is 25.0. The predicted octanol–water partition coefficient (Wildman–Crippen LogP) is 4.72. The molecule has 3 rings (SSSR count). The van der Waals surface area contributed by atoms with Crippen molar-refractivity contribution in [3.63, 3.8) is 0 Å². The molecule has 0 saturated carbocycles. The van der Waals surface area contributed by atoms with Crippen LogP contribution in [0.1, 0.15) is 41.5 Å². The third kappa shape index (κ3) is 9.18. The number of nitrogens with one attached hydrogen (secondary N) is 1. The van der Waals surface area contributed by atoms with Crippen molar-refractivity contribution in [2.75, 3.05) is 0 Å². The van der Waals surface area contributed by atoms with Gasteiger partial charge < -0.3 is 20.7 Å². The van der Waals surface area contributed by atoms with Crippen LogP contribution in [0.15, 0.2) is 65.4 Å². The van der Waals surface area contributed by atoms with Gasteiger partial charge in [0.05, 0.1) is 13.1 Å². The van der Waals surface area contributed by atoms with Crippen LogP contribution in [0.5, 0.6) is 0 Å². The highest BCUT2D eigenvalue weighted by atomic mass is 32.1. The van der Waals surface area contributed by atoms with Crippen molar-refractivity contribution in [2.45, 2.75) is 57.8 Å². The summed E-state index contributed by atoms with van der Waals surface area (Å²) in [7, 11) is 0. The molecule has 3 N–H and O–H groups in total. The van der Waals surface area contributed by atoms with Gasteiger partial charge in [-0.1, -0.05) is 42.5 Å². The maximum absolute atomic E-state index is 13.6. The molecule has 0 spiro atoms.